The van der Waals surface area contributed by atoms with Crippen LogP contribution in [-0.2, 0) is 6.54 Å². The predicted molar refractivity (Wildman–Crippen MR) is 107 cm³/mol. The maximum atomic E-state index is 5.34. The highest BCUT2D eigenvalue weighted by Gasteiger charge is 2.08. The molecule has 7 heteroatoms. The van der Waals surface area contributed by atoms with Crippen LogP contribution in [0.4, 0.5) is 5.69 Å². The third-order valence-corrected chi connectivity index (χ3v) is 4.06. The van der Waals surface area contributed by atoms with E-state index in [1.807, 2.05) is 53.3 Å². The average Bonchev–Trinajstić information content (AvgIpc) is 3.25. The van der Waals surface area contributed by atoms with Crippen molar-refractivity contribution >= 4 is 11.6 Å². The Morgan fingerprint density at radius 1 is 1.07 bits per heavy atom. The quantitative estimate of drug-likeness (QED) is 0.519. The molecule has 2 N–H and O–H groups in total. The summed E-state index contributed by atoms with van der Waals surface area (Å²) in [7, 11) is 4.96. The molecule has 140 valence electrons. The van der Waals surface area contributed by atoms with Crippen LogP contribution in [-0.4, -0.2) is 37.0 Å². The normalized spacial score (nSPS) is 11.1. The first-order valence-electron chi connectivity index (χ1n) is 8.52. The summed E-state index contributed by atoms with van der Waals surface area (Å²) in [6.07, 6.45) is 3.69. The van der Waals surface area contributed by atoms with Gasteiger partial charge in [0.05, 0.1) is 19.9 Å². The number of guanidine groups is 1. The van der Waals surface area contributed by atoms with E-state index in [4.69, 9.17) is 9.47 Å². The van der Waals surface area contributed by atoms with Gasteiger partial charge in [0.1, 0.15) is 0 Å². The molecular formula is C20H23N5O2. The number of ether oxygens (including phenoxy) is 2. The van der Waals surface area contributed by atoms with Crippen LogP contribution in [0.3, 0.4) is 0 Å². The fourth-order valence-electron chi connectivity index (χ4n) is 2.70. The molecule has 0 atom stereocenters. The molecule has 27 heavy (non-hydrogen) atoms. The van der Waals surface area contributed by atoms with Crippen molar-refractivity contribution in [3.8, 4) is 17.2 Å². The van der Waals surface area contributed by atoms with Crippen molar-refractivity contribution in [2.24, 2.45) is 4.99 Å². The second-order valence-corrected chi connectivity index (χ2v) is 5.70. The van der Waals surface area contributed by atoms with Gasteiger partial charge in [-0.3, -0.25) is 4.99 Å². The Kier molecular flexibility index (Phi) is 5.94. The Bertz CT molecular complexity index is 906. The third kappa shape index (κ3) is 4.38. The van der Waals surface area contributed by atoms with Crippen molar-refractivity contribution in [3.63, 3.8) is 0 Å². The van der Waals surface area contributed by atoms with Gasteiger partial charge in [0.25, 0.3) is 0 Å². The number of benzene rings is 2. The topological polar surface area (TPSA) is 72.7 Å². The Balaban J connectivity index is 1.71. The standard InChI is InChI=1S/C20H23N5O2/c1-21-20(24-16-9-10-18(26-2)19(13-16)27-3)22-14-15-7-4-5-8-17(15)25-12-6-11-23-25/h4-13H,14H2,1-3H3,(H2,21,22,24). The lowest BCUT2D eigenvalue weighted by atomic mass is 10.2. The maximum Gasteiger partial charge on any atom is 0.195 e. The first-order chi connectivity index (χ1) is 13.2. The van der Waals surface area contributed by atoms with Crippen molar-refractivity contribution in [1.29, 1.82) is 0 Å². The van der Waals surface area contributed by atoms with Crippen LogP contribution in [0.25, 0.3) is 5.69 Å². The zero-order chi connectivity index (χ0) is 19.1. The number of hydrogen-bond donors (Lipinski definition) is 2. The van der Waals surface area contributed by atoms with E-state index in [0.29, 0.717) is 24.0 Å². The van der Waals surface area contributed by atoms with E-state index in [9.17, 15) is 0 Å². The van der Waals surface area contributed by atoms with Gasteiger partial charge in [-0.2, -0.15) is 5.10 Å². The van der Waals surface area contributed by atoms with E-state index in [0.717, 1.165) is 16.9 Å². The monoisotopic (exact) mass is 365 g/mol. The van der Waals surface area contributed by atoms with Gasteiger partial charge in [0.2, 0.25) is 0 Å². The molecule has 0 aliphatic carbocycles. The van der Waals surface area contributed by atoms with E-state index in [-0.39, 0.29) is 0 Å². The lowest BCUT2D eigenvalue weighted by molar-refractivity contribution is 0.355. The molecule has 0 radical (unpaired) electrons. The lowest BCUT2D eigenvalue weighted by Gasteiger charge is -2.15. The molecule has 0 spiro atoms. The van der Waals surface area contributed by atoms with Crippen LogP contribution in [0.15, 0.2) is 65.9 Å². The first kappa shape index (κ1) is 18.3. The fourth-order valence-corrected chi connectivity index (χ4v) is 2.70. The number of para-hydroxylation sites is 1. The molecule has 3 rings (SSSR count). The molecule has 0 unspecified atom stereocenters. The molecule has 0 aliphatic rings. The molecule has 3 aromatic rings. The van der Waals surface area contributed by atoms with Gasteiger partial charge in [-0.25, -0.2) is 4.68 Å². The number of nitrogens with zero attached hydrogens (tertiary/aromatic N) is 3. The first-order valence-corrected chi connectivity index (χ1v) is 8.52. The summed E-state index contributed by atoms with van der Waals surface area (Å²) in [6, 6.07) is 15.6. The Morgan fingerprint density at radius 2 is 1.89 bits per heavy atom. The Labute approximate surface area is 158 Å². The van der Waals surface area contributed by atoms with Crippen molar-refractivity contribution in [3.05, 3.63) is 66.5 Å². The summed E-state index contributed by atoms with van der Waals surface area (Å²) in [4.78, 5) is 4.29. The maximum absolute atomic E-state index is 5.34. The zero-order valence-corrected chi connectivity index (χ0v) is 15.6. The summed E-state index contributed by atoms with van der Waals surface area (Å²) in [5, 5.41) is 10.9. The van der Waals surface area contributed by atoms with Gasteiger partial charge in [-0.1, -0.05) is 18.2 Å². The second kappa shape index (κ2) is 8.75. The van der Waals surface area contributed by atoms with Crippen LogP contribution < -0.4 is 20.1 Å². The van der Waals surface area contributed by atoms with Gasteiger partial charge in [0.15, 0.2) is 17.5 Å². The van der Waals surface area contributed by atoms with Crippen LogP contribution >= 0.6 is 0 Å². The highest BCUT2D eigenvalue weighted by molar-refractivity contribution is 5.93. The van der Waals surface area contributed by atoms with Crippen molar-refractivity contribution in [2.75, 3.05) is 26.6 Å². The number of aliphatic imine (C=N–C) groups is 1. The van der Waals surface area contributed by atoms with Crippen LogP contribution in [0, 0.1) is 0 Å². The lowest BCUT2D eigenvalue weighted by Crippen LogP contribution is -2.30. The number of methoxy groups -OCH3 is 2. The summed E-state index contributed by atoms with van der Waals surface area (Å²) in [5.41, 5.74) is 2.98. The molecule has 0 aliphatic heterocycles. The highest BCUT2D eigenvalue weighted by atomic mass is 16.5. The molecule has 0 bridgehead atoms. The number of rotatable bonds is 6. The van der Waals surface area contributed by atoms with Gasteiger partial charge in [0, 0.05) is 37.7 Å². The van der Waals surface area contributed by atoms with Gasteiger partial charge in [-0.05, 0) is 29.8 Å². The summed E-state index contributed by atoms with van der Waals surface area (Å²) in [6.45, 7) is 0.600. The molecule has 1 aromatic heterocycles. The molecule has 7 nitrogen and oxygen atoms in total. The second-order valence-electron chi connectivity index (χ2n) is 5.70. The third-order valence-electron chi connectivity index (χ3n) is 4.06. The van der Waals surface area contributed by atoms with Crippen LogP contribution in [0.2, 0.25) is 0 Å². The predicted octanol–water partition coefficient (Wildman–Crippen LogP) is 3.08. The van der Waals surface area contributed by atoms with E-state index in [2.05, 4.69) is 26.8 Å². The molecule has 0 saturated heterocycles. The summed E-state index contributed by atoms with van der Waals surface area (Å²) < 4.78 is 12.5. The number of hydrogen-bond acceptors (Lipinski definition) is 4. The molecule has 0 saturated carbocycles. The van der Waals surface area contributed by atoms with E-state index < -0.39 is 0 Å². The molecule has 1 heterocycles. The molecule has 0 fully saturated rings. The van der Waals surface area contributed by atoms with Crippen molar-refractivity contribution in [2.45, 2.75) is 6.54 Å². The zero-order valence-electron chi connectivity index (χ0n) is 15.6. The Morgan fingerprint density at radius 3 is 2.59 bits per heavy atom. The van der Waals surface area contributed by atoms with Crippen molar-refractivity contribution in [1.82, 2.24) is 15.1 Å². The van der Waals surface area contributed by atoms with Gasteiger partial charge < -0.3 is 20.1 Å². The van der Waals surface area contributed by atoms with Gasteiger partial charge in [-0.15, -0.1) is 0 Å². The smallest absolute Gasteiger partial charge is 0.195 e. The molecule has 2 aromatic carbocycles. The van der Waals surface area contributed by atoms with Crippen LogP contribution in [0.5, 0.6) is 11.5 Å². The summed E-state index contributed by atoms with van der Waals surface area (Å²) in [5.74, 6) is 1.98. The van der Waals surface area contributed by atoms with Crippen LogP contribution in [0.1, 0.15) is 5.56 Å². The molecular weight excluding hydrogens is 342 g/mol. The van der Waals surface area contributed by atoms with E-state index >= 15 is 0 Å². The minimum atomic E-state index is 0.600. The van der Waals surface area contributed by atoms with E-state index in [1.54, 1.807) is 27.5 Å². The number of nitrogens with one attached hydrogen (secondary N) is 2. The van der Waals surface area contributed by atoms with Crippen molar-refractivity contribution < 1.29 is 9.47 Å². The minimum absolute atomic E-state index is 0.600. The largest absolute Gasteiger partial charge is 0.493 e. The Hall–Kier alpha value is -3.48. The SMILES string of the molecule is CN=C(NCc1ccccc1-n1cccn1)Nc1ccc(OC)c(OC)c1. The highest BCUT2D eigenvalue weighted by Crippen LogP contribution is 2.29. The number of anilines is 1. The minimum Gasteiger partial charge on any atom is -0.493 e. The van der Waals surface area contributed by atoms with E-state index in [1.165, 1.54) is 0 Å². The summed E-state index contributed by atoms with van der Waals surface area (Å²) >= 11 is 0. The number of aromatic nitrogens is 2. The average molecular weight is 365 g/mol. The fraction of sp³-hybridized carbons (Fsp3) is 0.200. The molecule has 0 amide bonds. The van der Waals surface area contributed by atoms with Gasteiger partial charge >= 0.3 is 0 Å².